The summed E-state index contributed by atoms with van der Waals surface area (Å²) in [5, 5.41) is 19.7. The molecule has 0 saturated heterocycles. The molecule has 1 N–H and O–H groups in total. The lowest BCUT2D eigenvalue weighted by atomic mass is 10.3. The number of non-ortho nitro benzene ring substituents is 1. The van der Waals surface area contributed by atoms with Gasteiger partial charge < -0.3 is 5.11 Å². The highest BCUT2D eigenvalue weighted by molar-refractivity contribution is 14.1. The normalized spacial score (nSPS) is 11.1. The highest BCUT2D eigenvalue weighted by Gasteiger charge is 2.26. The summed E-state index contributed by atoms with van der Waals surface area (Å²) in [6.45, 7) is -0.0576. The van der Waals surface area contributed by atoms with Crippen molar-refractivity contribution < 1.29 is 23.2 Å². The third-order valence-corrected chi connectivity index (χ3v) is 6.03. The first-order valence-corrected chi connectivity index (χ1v) is 9.98. The SMILES string of the molecule is O=C(O)CCCN(c1ccc(I)cc1)S(=O)(=O)c1cccc([N+](=O)[O-])c1. The summed E-state index contributed by atoms with van der Waals surface area (Å²) < 4.78 is 28.0. The van der Waals surface area contributed by atoms with Gasteiger partial charge in [-0.2, -0.15) is 0 Å². The highest BCUT2D eigenvalue weighted by atomic mass is 127. The third-order valence-electron chi connectivity index (χ3n) is 3.48. The Bertz CT molecular complexity index is 915. The third kappa shape index (κ3) is 4.91. The second kappa shape index (κ2) is 8.45. The predicted molar refractivity (Wildman–Crippen MR) is 104 cm³/mol. The van der Waals surface area contributed by atoms with Crippen LogP contribution in [-0.4, -0.2) is 31.0 Å². The maximum absolute atomic E-state index is 13.0. The van der Waals surface area contributed by atoms with Crippen molar-refractivity contribution in [2.75, 3.05) is 10.8 Å². The van der Waals surface area contributed by atoms with Crippen LogP contribution in [0.2, 0.25) is 0 Å². The van der Waals surface area contributed by atoms with Gasteiger partial charge in [0.25, 0.3) is 15.7 Å². The van der Waals surface area contributed by atoms with Gasteiger partial charge in [-0.1, -0.05) is 6.07 Å². The lowest BCUT2D eigenvalue weighted by Gasteiger charge is -2.24. The molecule has 0 aliphatic rings. The van der Waals surface area contributed by atoms with E-state index in [1.165, 1.54) is 18.2 Å². The van der Waals surface area contributed by atoms with Gasteiger partial charge in [0.2, 0.25) is 0 Å². The maximum Gasteiger partial charge on any atom is 0.303 e. The average Bonchev–Trinajstić information content (AvgIpc) is 2.59. The zero-order valence-electron chi connectivity index (χ0n) is 13.4. The zero-order valence-corrected chi connectivity index (χ0v) is 16.4. The van der Waals surface area contributed by atoms with E-state index in [0.717, 1.165) is 13.9 Å². The van der Waals surface area contributed by atoms with Crippen molar-refractivity contribution in [3.8, 4) is 0 Å². The Morgan fingerprint density at radius 2 is 1.85 bits per heavy atom. The van der Waals surface area contributed by atoms with Crippen LogP contribution in [0.5, 0.6) is 0 Å². The van der Waals surface area contributed by atoms with E-state index in [-0.39, 0.29) is 30.0 Å². The number of anilines is 1. The molecule has 0 bridgehead atoms. The van der Waals surface area contributed by atoms with E-state index in [4.69, 9.17) is 5.11 Å². The van der Waals surface area contributed by atoms with Crippen LogP contribution in [0.4, 0.5) is 11.4 Å². The van der Waals surface area contributed by atoms with Crippen molar-refractivity contribution in [1.82, 2.24) is 0 Å². The number of nitrogens with zero attached hydrogens (tertiary/aromatic N) is 2. The predicted octanol–water partition coefficient (Wildman–Crippen LogP) is 3.26. The maximum atomic E-state index is 13.0. The average molecular weight is 490 g/mol. The Labute approximate surface area is 163 Å². The molecule has 138 valence electrons. The molecule has 2 rings (SSSR count). The van der Waals surface area contributed by atoms with Gasteiger partial charge in [0.1, 0.15) is 0 Å². The number of aliphatic carboxylic acids is 1. The van der Waals surface area contributed by atoms with Crippen molar-refractivity contribution in [2.24, 2.45) is 0 Å². The van der Waals surface area contributed by atoms with Crippen molar-refractivity contribution in [3.63, 3.8) is 0 Å². The number of halogens is 1. The first-order chi connectivity index (χ1) is 12.2. The number of hydrogen-bond donors (Lipinski definition) is 1. The number of nitro groups is 1. The number of carbonyl (C=O) groups is 1. The van der Waals surface area contributed by atoms with E-state index in [2.05, 4.69) is 22.6 Å². The standard InChI is InChI=1S/C16H15IN2O6S/c17-12-6-8-13(9-7-12)18(10-2-5-16(20)21)26(24,25)15-4-1-3-14(11-15)19(22)23/h1,3-4,6-9,11H,2,5,10H2,(H,20,21). The van der Waals surface area contributed by atoms with Crippen molar-refractivity contribution in [2.45, 2.75) is 17.7 Å². The van der Waals surface area contributed by atoms with Gasteiger partial charge in [-0.3, -0.25) is 19.2 Å². The number of carboxylic acids is 1. The molecule has 0 fully saturated rings. The fourth-order valence-corrected chi connectivity index (χ4v) is 4.16. The molecule has 8 nitrogen and oxygen atoms in total. The Balaban J connectivity index is 2.44. The molecule has 2 aromatic carbocycles. The molecule has 0 radical (unpaired) electrons. The molecule has 0 heterocycles. The minimum absolute atomic E-state index is 0.0576. The second-order valence-electron chi connectivity index (χ2n) is 5.31. The van der Waals surface area contributed by atoms with Crippen LogP contribution in [0, 0.1) is 13.7 Å². The summed E-state index contributed by atoms with van der Waals surface area (Å²) in [5.41, 5.74) is 0.0291. The van der Waals surface area contributed by atoms with E-state index in [0.29, 0.717) is 5.69 Å². The van der Waals surface area contributed by atoms with E-state index in [1.807, 2.05) is 0 Å². The number of benzene rings is 2. The number of sulfonamides is 1. The molecule has 2 aromatic rings. The first kappa shape index (κ1) is 20.1. The summed E-state index contributed by atoms with van der Waals surface area (Å²) in [7, 11) is -4.09. The fraction of sp³-hybridized carbons (Fsp3) is 0.188. The molecular formula is C16H15IN2O6S. The molecule has 0 spiro atoms. The van der Waals surface area contributed by atoms with Crippen LogP contribution >= 0.6 is 22.6 Å². The largest absolute Gasteiger partial charge is 0.481 e. The molecule has 0 aliphatic heterocycles. The van der Waals surface area contributed by atoms with E-state index in [9.17, 15) is 23.3 Å². The Morgan fingerprint density at radius 1 is 1.19 bits per heavy atom. The van der Waals surface area contributed by atoms with E-state index in [1.54, 1.807) is 24.3 Å². The molecule has 0 aromatic heterocycles. The van der Waals surface area contributed by atoms with Crippen molar-refractivity contribution in [3.05, 3.63) is 62.2 Å². The monoisotopic (exact) mass is 490 g/mol. The Hall–Kier alpha value is -2.21. The first-order valence-electron chi connectivity index (χ1n) is 7.46. The lowest BCUT2D eigenvalue weighted by molar-refractivity contribution is -0.385. The zero-order chi connectivity index (χ0) is 19.3. The van der Waals surface area contributed by atoms with Gasteiger partial charge in [-0.05, 0) is 59.3 Å². The van der Waals surface area contributed by atoms with Gasteiger partial charge in [0.05, 0.1) is 15.5 Å². The van der Waals surface area contributed by atoms with E-state index < -0.39 is 20.9 Å². The van der Waals surface area contributed by atoms with Crippen LogP contribution in [-0.2, 0) is 14.8 Å². The van der Waals surface area contributed by atoms with Crippen LogP contribution in [0.15, 0.2) is 53.4 Å². The molecule has 0 amide bonds. The molecule has 26 heavy (non-hydrogen) atoms. The summed E-state index contributed by atoms with van der Waals surface area (Å²) in [6, 6.07) is 11.4. The van der Waals surface area contributed by atoms with E-state index >= 15 is 0 Å². The molecule has 0 atom stereocenters. The highest BCUT2D eigenvalue weighted by Crippen LogP contribution is 2.27. The summed E-state index contributed by atoms with van der Waals surface area (Å²) in [6.07, 6.45) is -0.0825. The van der Waals surface area contributed by atoms with Gasteiger partial charge in [-0.15, -0.1) is 0 Å². The van der Waals surface area contributed by atoms with Gasteiger partial charge in [-0.25, -0.2) is 8.42 Å². The summed E-state index contributed by atoms with van der Waals surface area (Å²) in [5.74, 6) is -1.03. The molecule has 0 unspecified atom stereocenters. The van der Waals surface area contributed by atoms with Gasteiger partial charge in [0.15, 0.2) is 0 Å². The lowest BCUT2D eigenvalue weighted by Crippen LogP contribution is -2.32. The summed E-state index contributed by atoms with van der Waals surface area (Å²) in [4.78, 5) is 20.8. The van der Waals surface area contributed by atoms with Crippen LogP contribution in [0.3, 0.4) is 0 Å². The topological polar surface area (TPSA) is 118 Å². The molecule has 0 aliphatic carbocycles. The summed E-state index contributed by atoms with van der Waals surface area (Å²) >= 11 is 2.08. The molecular weight excluding hydrogens is 475 g/mol. The number of carboxylic acid groups (broad SMARTS) is 1. The van der Waals surface area contributed by atoms with Crippen molar-refractivity contribution >= 4 is 50.0 Å². The second-order valence-corrected chi connectivity index (χ2v) is 8.41. The van der Waals surface area contributed by atoms with Crippen molar-refractivity contribution in [1.29, 1.82) is 0 Å². The quantitative estimate of drug-likeness (QED) is 0.345. The smallest absolute Gasteiger partial charge is 0.303 e. The number of rotatable bonds is 8. The number of nitro benzene ring substituents is 1. The Kier molecular flexibility index (Phi) is 6.53. The molecule has 0 saturated carbocycles. The van der Waals surface area contributed by atoms with Crippen LogP contribution in [0.25, 0.3) is 0 Å². The minimum atomic E-state index is -4.09. The van der Waals surface area contributed by atoms with Gasteiger partial charge >= 0.3 is 5.97 Å². The Morgan fingerprint density at radius 3 is 2.42 bits per heavy atom. The minimum Gasteiger partial charge on any atom is -0.481 e. The van der Waals surface area contributed by atoms with Crippen LogP contribution in [0.1, 0.15) is 12.8 Å². The van der Waals surface area contributed by atoms with Crippen LogP contribution < -0.4 is 4.31 Å². The molecule has 10 heteroatoms. The fourth-order valence-electron chi connectivity index (χ4n) is 2.25. The number of hydrogen-bond acceptors (Lipinski definition) is 5. The van der Waals surface area contributed by atoms with Gasteiger partial charge in [0, 0.05) is 28.7 Å².